The Morgan fingerprint density at radius 3 is 3.05 bits per heavy atom. The molecule has 2 heterocycles. The van der Waals surface area contributed by atoms with Crippen molar-refractivity contribution in [3.05, 3.63) is 23.2 Å². The fourth-order valence-corrected chi connectivity index (χ4v) is 2.74. The van der Waals surface area contributed by atoms with Gasteiger partial charge in [-0.15, -0.1) is 0 Å². The first-order chi connectivity index (χ1) is 10.1. The van der Waals surface area contributed by atoms with E-state index in [1.54, 1.807) is 0 Å². The number of aliphatic hydroxyl groups excluding tert-OH is 1. The number of hydrogen-bond donors (Lipinski definition) is 2. The standard InChI is InChI=1S/C15H24N2O4/c1-11-8-13(21-14(11)15(19)20-2)10-17(6-7-18)9-12-4-3-5-16-12/h8,12,16,18H,3-7,9-10H2,1-2H3. The van der Waals surface area contributed by atoms with Crippen LogP contribution >= 0.6 is 0 Å². The van der Waals surface area contributed by atoms with Crippen LogP contribution in [0.4, 0.5) is 0 Å². The summed E-state index contributed by atoms with van der Waals surface area (Å²) < 4.78 is 10.3. The summed E-state index contributed by atoms with van der Waals surface area (Å²) in [5.41, 5.74) is 0.778. The zero-order valence-corrected chi connectivity index (χ0v) is 12.7. The molecule has 118 valence electrons. The van der Waals surface area contributed by atoms with E-state index in [2.05, 4.69) is 10.2 Å². The van der Waals surface area contributed by atoms with Crippen LogP contribution in [0.15, 0.2) is 10.5 Å². The Morgan fingerprint density at radius 2 is 2.43 bits per heavy atom. The van der Waals surface area contributed by atoms with E-state index >= 15 is 0 Å². The van der Waals surface area contributed by atoms with Crippen molar-refractivity contribution in [2.24, 2.45) is 0 Å². The summed E-state index contributed by atoms with van der Waals surface area (Å²) in [4.78, 5) is 13.7. The van der Waals surface area contributed by atoms with Crippen molar-refractivity contribution in [1.29, 1.82) is 0 Å². The van der Waals surface area contributed by atoms with Crippen LogP contribution in [0.1, 0.15) is 34.7 Å². The minimum Gasteiger partial charge on any atom is -0.463 e. The number of esters is 1. The second-order valence-electron chi connectivity index (χ2n) is 5.47. The molecule has 0 amide bonds. The lowest BCUT2D eigenvalue weighted by molar-refractivity contribution is 0.0559. The van der Waals surface area contributed by atoms with Gasteiger partial charge in [0.25, 0.3) is 0 Å². The van der Waals surface area contributed by atoms with Gasteiger partial charge in [-0.1, -0.05) is 0 Å². The van der Waals surface area contributed by atoms with Gasteiger partial charge in [0.05, 0.1) is 20.3 Å². The fraction of sp³-hybridized carbons (Fsp3) is 0.667. The van der Waals surface area contributed by atoms with Gasteiger partial charge in [0.2, 0.25) is 5.76 Å². The second kappa shape index (κ2) is 7.59. The number of aryl methyl sites for hydroxylation is 1. The zero-order valence-electron chi connectivity index (χ0n) is 12.7. The van der Waals surface area contributed by atoms with Crippen LogP contribution in [0.25, 0.3) is 0 Å². The molecular formula is C15H24N2O4. The van der Waals surface area contributed by atoms with Crippen LogP contribution in [-0.2, 0) is 11.3 Å². The van der Waals surface area contributed by atoms with Crippen molar-refractivity contribution in [2.45, 2.75) is 32.4 Å². The monoisotopic (exact) mass is 296 g/mol. The molecule has 1 aromatic rings. The van der Waals surface area contributed by atoms with E-state index in [1.165, 1.54) is 13.5 Å². The van der Waals surface area contributed by atoms with Gasteiger partial charge in [-0.25, -0.2) is 4.79 Å². The van der Waals surface area contributed by atoms with Crippen molar-refractivity contribution in [3.63, 3.8) is 0 Å². The van der Waals surface area contributed by atoms with E-state index < -0.39 is 5.97 Å². The van der Waals surface area contributed by atoms with Gasteiger partial charge in [0, 0.05) is 24.7 Å². The second-order valence-corrected chi connectivity index (χ2v) is 5.47. The molecule has 1 atom stereocenters. The first kappa shape index (κ1) is 16.0. The number of carbonyl (C=O) groups excluding carboxylic acids is 1. The summed E-state index contributed by atoms with van der Waals surface area (Å²) >= 11 is 0. The summed E-state index contributed by atoms with van der Waals surface area (Å²) in [6.07, 6.45) is 2.36. The largest absolute Gasteiger partial charge is 0.463 e. The topological polar surface area (TPSA) is 74.9 Å². The number of ether oxygens (including phenoxy) is 1. The molecule has 1 aliphatic heterocycles. The molecule has 6 heteroatoms. The quantitative estimate of drug-likeness (QED) is 0.729. The molecule has 0 bridgehead atoms. The highest BCUT2D eigenvalue weighted by Crippen LogP contribution is 2.18. The first-order valence-corrected chi connectivity index (χ1v) is 7.38. The summed E-state index contributed by atoms with van der Waals surface area (Å²) in [5, 5.41) is 12.7. The number of carbonyl (C=O) groups is 1. The number of rotatable bonds is 7. The maximum absolute atomic E-state index is 11.6. The molecule has 6 nitrogen and oxygen atoms in total. The highest BCUT2D eigenvalue weighted by Gasteiger charge is 2.21. The minimum absolute atomic E-state index is 0.107. The molecule has 0 spiro atoms. The lowest BCUT2D eigenvalue weighted by atomic mass is 10.2. The SMILES string of the molecule is COC(=O)c1oc(CN(CCO)CC2CCCN2)cc1C. The number of aliphatic hydroxyl groups is 1. The Bertz CT molecular complexity index is 466. The number of furan rings is 1. The molecule has 0 radical (unpaired) electrons. The van der Waals surface area contributed by atoms with E-state index in [9.17, 15) is 9.90 Å². The highest BCUT2D eigenvalue weighted by atomic mass is 16.5. The molecular weight excluding hydrogens is 272 g/mol. The summed E-state index contributed by atoms with van der Waals surface area (Å²) in [6.45, 7) is 5.03. The van der Waals surface area contributed by atoms with Gasteiger partial charge in [-0.3, -0.25) is 4.90 Å². The van der Waals surface area contributed by atoms with E-state index in [4.69, 9.17) is 9.15 Å². The van der Waals surface area contributed by atoms with Crippen LogP contribution in [-0.4, -0.2) is 55.4 Å². The lowest BCUT2D eigenvalue weighted by Crippen LogP contribution is -2.38. The number of nitrogens with zero attached hydrogens (tertiary/aromatic N) is 1. The normalized spacial score (nSPS) is 18.4. The first-order valence-electron chi connectivity index (χ1n) is 7.38. The molecule has 0 saturated carbocycles. The third-order valence-corrected chi connectivity index (χ3v) is 3.78. The Kier molecular flexibility index (Phi) is 5.78. The van der Waals surface area contributed by atoms with Crippen molar-refractivity contribution < 1.29 is 19.1 Å². The summed E-state index contributed by atoms with van der Waals surface area (Å²) in [7, 11) is 1.34. The number of hydrogen-bond acceptors (Lipinski definition) is 6. The van der Waals surface area contributed by atoms with Crippen LogP contribution in [0, 0.1) is 6.92 Å². The Hall–Kier alpha value is -1.37. The molecule has 1 fully saturated rings. The summed E-state index contributed by atoms with van der Waals surface area (Å²) in [6, 6.07) is 2.33. The van der Waals surface area contributed by atoms with Crippen molar-refractivity contribution in [1.82, 2.24) is 10.2 Å². The maximum atomic E-state index is 11.6. The predicted molar refractivity (Wildman–Crippen MR) is 78.2 cm³/mol. The summed E-state index contributed by atoms with van der Waals surface area (Å²) in [5.74, 6) is 0.528. The molecule has 1 aromatic heterocycles. The zero-order chi connectivity index (χ0) is 15.2. The molecule has 2 rings (SSSR count). The van der Waals surface area contributed by atoms with Gasteiger partial charge in [0.15, 0.2) is 0 Å². The Labute approximate surface area is 125 Å². The predicted octanol–water partition coefficient (Wildman–Crippen LogP) is 0.921. The van der Waals surface area contributed by atoms with Gasteiger partial charge < -0.3 is 19.6 Å². The third-order valence-electron chi connectivity index (χ3n) is 3.78. The van der Waals surface area contributed by atoms with E-state index in [0.29, 0.717) is 19.1 Å². The molecule has 1 aliphatic rings. The van der Waals surface area contributed by atoms with Gasteiger partial charge in [-0.05, 0) is 32.4 Å². The van der Waals surface area contributed by atoms with Crippen LogP contribution in [0.5, 0.6) is 0 Å². The fourth-order valence-electron chi connectivity index (χ4n) is 2.74. The third kappa shape index (κ3) is 4.30. The molecule has 0 aliphatic carbocycles. The van der Waals surface area contributed by atoms with Crippen molar-refractivity contribution >= 4 is 5.97 Å². The van der Waals surface area contributed by atoms with Crippen LogP contribution in [0.3, 0.4) is 0 Å². The smallest absolute Gasteiger partial charge is 0.374 e. The molecule has 0 aromatic carbocycles. The highest BCUT2D eigenvalue weighted by molar-refractivity contribution is 5.87. The Balaban J connectivity index is 2.00. The van der Waals surface area contributed by atoms with Crippen LogP contribution < -0.4 is 5.32 Å². The van der Waals surface area contributed by atoms with Crippen LogP contribution in [0.2, 0.25) is 0 Å². The number of methoxy groups -OCH3 is 1. The van der Waals surface area contributed by atoms with Crippen molar-refractivity contribution in [3.8, 4) is 0 Å². The lowest BCUT2D eigenvalue weighted by Gasteiger charge is -2.23. The van der Waals surface area contributed by atoms with Gasteiger partial charge >= 0.3 is 5.97 Å². The molecule has 1 unspecified atom stereocenters. The molecule has 2 N–H and O–H groups in total. The molecule has 1 saturated heterocycles. The van der Waals surface area contributed by atoms with Gasteiger partial charge in [0.1, 0.15) is 5.76 Å². The van der Waals surface area contributed by atoms with E-state index in [0.717, 1.165) is 30.8 Å². The Morgan fingerprint density at radius 1 is 1.62 bits per heavy atom. The minimum atomic E-state index is -0.454. The number of nitrogens with one attached hydrogen (secondary N) is 1. The van der Waals surface area contributed by atoms with Crippen molar-refractivity contribution in [2.75, 3.05) is 33.4 Å². The van der Waals surface area contributed by atoms with Gasteiger partial charge in [-0.2, -0.15) is 0 Å². The maximum Gasteiger partial charge on any atom is 0.374 e. The average Bonchev–Trinajstić information content (AvgIpc) is 3.08. The molecule has 21 heavy (non-hydrogen) atoms. The average molecular weight is 296 g/mol. The van der Waals surface area contributed by atoms with E-state index in [-0.39, 0.29) is 12.4 Å². The van der Waals surface area contributed by atoms with E-state index in [1.807, 2.05) is 13.0 Å².